The van der Waals surface area contributed by atoms with Gasteiger partial charge in [-0.2, -0.15) is 0 Å². The highest BCUT2D eigenvalue weighted by Gasteiger charge is 2.22. The topological polar surface area (TPSA) is 64.0 Å². The number of nitrogens with zero attached hydrogens (tertiary/aromatic N) is 2. The molecule has 4 rings (SSSR count). The minimum Gasteiger partial charge on any atom is -0.323 e. The quantitative estimate of drug-likeness (QED) is 0.583. The van der Waals surface area contributed by atoms with Crippen LogP contribution in [-0.2, 0) is 24.2 Å². The van der Waals surface area contributed by atoms with E-state index in [1.54, 1.807) is 11.3 Å². The lowest BCUT2D eigenvalue weighted by atomic mass is 10.2. The number of carbonyl (C=O) groups excluding carboxylic acids is 1. The summed E-state index contributed by atoms with van der Waals surface area (Å²) < 4.78 is 2.96. The first-order chi connectivity index (χ1) is 12.4. The predicted octanol–water partition coefficient (Wildman–Crippen LogP) is 4.42. The molecule has 1 aliphatic rings. The molecule has 0 radical (unpaired) electrons. The first kappa shape index (κ1) is 17.9. The number of anilines is 1. The molecule has 5 nitrogen and oxygen atoms in total. The van der Waals surface area contributed by atoms with Gasteiger partial charge in [0, 0.05) is 13.8 Å². The average molecular weight is 497 g/mol. The number of hydrogen-bond acceptors (Lipinski definition) is 4. The number of aryl methyl sites for hydroxylation is 3. The van der Waals surface area contributed by atoms with E-state index in [1.807, 2.05) is 19.1 Å². The predicted molar refractivity (Wildman–Crippen MR) is 111 cm³/mol. The second kappa shape index (κ2) is 6.90. The molecule has 0 aliphatic heterocycles. The van der Waals surface area contributed by atoms with Crippen molar-refractivity contribution in [2.45, 2.75) is 32.7 Å². The van der Waals surface area contributed by atoms with E-state index < -0.39 is 0 Å². The Morgan fingerprint density at radius 2 is 2.04 bits per heavy atom. The summed E-state index contributed by atoms with van der Waals surface area (Å²) >= 11 is 8.53. The van der Waals surface area contributed by atoms with Crippen LogP contribution in [0.4, 0.5) is 5.69 Å². The van der Waals surface area contributed by atoms with E-state index in [9.17, 15) is 9.59 Å². The maximum absolute atomic E-state index is 12.8. The van der Waals surface area contributed by atoms with Crippen molar-refractivity contribution < 1.29 is 4.79 Å². The van der Waals surface area contributed by atoms with Crippen LogP contribution in [0.3, 0.4) is 0 Å². The Morgan fingerprint density at radius 3 is 2.77 bits per heavy atom. The summed E-state index contributed by atoms with van der Waals surface area (Å²) in [7, 11) is 0. The molecule has 2 heterocycles. The van der Waals surface area contributed by atoms with E-state index in [4.69, 9.17) is 0 Å². The first-order valence-electron chi connectivity index (χ1n) is 8.19. The Balaban J connectivity index is 1.63. The van der Waals surface area contributed by atoms with Crippen molar-refractivity contribution >= 4 is 65.0 Å². The second-order valence-corrected chi connectivity index (χ2v) is 9.16. The molecule has 2 aromatic heterocycles. The molecular weight excluding hydrogens is 482 g/mol. The van der Waals surface area contributed by atoms with Crippen LogP contribution in [0.25, 0.3) is 10.2 Å². The molecule has 0 atom stereocenters. The number of hydrogen-bond donors (Lipinski definition) is 1. The number of fused-ring (bicyclic) bond motifs is 3. The number of halogens is 2. The SMILES string of the molecule is Cc1cc(Br)c(NC(=O)Cn2cnc3sc4c(c3c2=O)CCC4)c(Br)c1. The molecule has 134 valence electrons. The Hall–Kier alpha value is -1.51. The highest BCUT2D eigenvalue weighted by atomic mass is 79.9. The van der Waals surface area contributed by atoms with Crippen molar-refractivity contribution in [3.05, 3.63) is 53.8 Å². The van der Waals surface area contributed by atoms with Crippen molar-refractivity contribution in [3.63, 3.8) is 0 Å². The van der Waals surface area contributed by atoms with Crippen molar-refractivity contribution in [2.75, 3.05) is 5.32 Å². The van der Waals surface area contributed by atoms with Gasteiger partial charge >= 0.3 is 0 Å². The molecule has 26 heavy (non-hydrogen) atoms. The summed E-state index contributed by atoms with van der Waals surface area (Å²) in [6.07, 6.45) is 4.49. The lowest BCUT2D eigenvalue weighted by Gasteiger charge is -2.11. The van der Waals surface area contributed by atoms with E-state index in [1.165, 1.54) is 15.8 Å². The van der Waals surface area contributed by atoms with Gasteiger partial charge < -0.3 is 5.32 Å². The van der Waals surface area contributed by atoms with Gasteiger partial charge in [0.05, 0.1) is 17.4 Å². The third kappa shape index (κ3) is 3.14. The number of thiophene rings is 1. The summed E-state index contributed by atoms with van der Waals surface area (Å²) in [6.45, 7) is 1.90. The maximum Gasteiger partial charge on any atom is 0.262 e. The minimum absolute atomic E-state index is 0.0703. The monoisotopic (exact) mass is 495 g/mol. The van der Waals surface area contributed by atoms with Crippen LogP contribution >= 0.6 is 43.2 Å². The number of aromatic nitrogens is 2. The van der Waals surface area contributed by atoms with E-state index in [0.29, 0.717) is 11.1 Å². The van der Waals surface area contributed by atoms with Gasteiger partial charge in [-0.3, -0.25) is 14.2 Å². The lowest BCUT2D eigenvalue weighted by molar-refractivity contribution is -0.116. The minimum atomic E-state index is -0.273. The van der Waals surface area contributed by atoms with Crippen LogP contribution in [-0.4, -0.2) is 15.5 Å². The molecule has 8 heteroatoms. The number of rotatable bonds is 3. The molecule has 3 aromatic rings. The highest BCUT2D eigenvalue weighted by Crippen LogP contribution is 2.34. The molecule has 1 aromatic carbocycles. The fraction of sp³-hybridized carbons (Fsp3) is 0.278. The van der Waals surface area contributed by atoms with E-state index >= 15 is 0 Å². The van der Waals surface area contributed by atoms with Gasteiger partial charge in [-0.05, 0) is 81.3 Å². The zero-order valence-corrected chi connectivity index (χ0v) is 17.9. The molecule has 0 saturated carbocycles. The van der Waals surface area contributed by atoms with Gasteiger partial charge in [-0.15, -0.1) is 11.3 Å². The van der Waals surface area contributed by atoms with Gasteiger partial charge in [-0.1, -0.05) is 0 Å². The van der Waals surface area contributed by atoms with E-state index in [-0.39, 0.29) is 18.0 Å². The van der Waals surface area contributed by atoms with Crippen LogP contribution in [0, 0.1) is 6.92 Å². The molecule has 0 bridgehead atoms. The molecule has 0 unspecified atom stereocenters. The Kier molecular flexibility index (Phi) is 4.75. The summed E-state index contributed by atoms with van der Waals surface area (Å²) in [5.74, 6) is -0.273. The summed E-state index contributed by atoms with van der Waals surface area (Å²) in [4.78, 5) is 31.8. The van der Waals surface area contributed by atoms with Gasteiger partial charge in [0.2, 0.25) is 5.91 Å². The van der Waals surface area contributed by atoms with Crippen LogP contribution in [0.15, 0.2) is 32.2 Å². The molecule has 0 fully saturated rings. The van der Waals surface area contributed by atoms with Gasteiger partial charge in [0.25, 0.3) is 5.56 Å². The third-order valence-corrected chi connectivity index (χ3v) is 6.91. The first-order valence-corrected chi connectivity index (χ1v) is 10.6. The van der Waals surface area contributed by atoms with Gasteiger partial charge in [0.1, 0.15) is 11.4 Å². The second-order valence-electron chi connectivity index (χ2n) is 6.37. The number of nitrogens with one attached hydrogen (secondary N) is 1. The van der Waals surface area contributed by atoms with E-state index in [2.05, 4.69) is 42.2 Å². The lowest BCUT2D eigenvalue weighted by Crippen LogP contribution is -2.28. The van der Waals surface area contributed by atoms with Crippen molar-refractivity contribution in [1.29, 1.82) is 0 Å². The summed E-state index contributed by atoms with van der Waals surface area (Å²) in [5.41, 5.74) is 2.71. The number of benzene rings is 1. The summed E-state index contributed by atoms with van der Waals surface area (Å²) in [5, 5.41) is 3.55. The number of carbonyl (C=O) groups is 1. The Bertz CT molecular complexity index is 1080. The van der Waals surface area contributed by atoms with Crippen molar-refractivity contribution in [2.24, 2.45) is 0 Å². The molecular formula is C18H15Br2N3O2S. The van der Waals surface area contributed by atoms with Crippen molar-refractivity contribution in [1.82, 2.24) is 9.55 Å². The fourth-order valence-corrected chi connectivity index (χ4v) is 6.12. The standard InChI is InChI=1S/C18H15Br2N3O2S/c1-9-5-11(19)16(12(20)6-9)22-14(24)7-23-8-21-17-15(18(23)25)10-3-2-4-13(10)26-17/h5-6,8H,2-4,7H2,1H3,(H,22,24). The Labute approximate surface area is 170 Å². The third-order valence-electron chi connectivity index (χ3n) is 4.46. The average Bonchev–Trinajstić information content (AvgIpc) is 3.14. The number of amides is 1. The zero-order valence-electron chi connectivity index (χ0n) is 13.9. The molecule has 0 saturated heterocycles. The fourth-order valence-electron chi connectivity index (χ4n) is 3.29. The van der Waals surface area contributed by atoms with Gasteiger partial charge in [0.15, 0.2) is 0 Å². The van der Waals surface area contributed by atoms with E-state index in [0.717, 1.165) is 44.2 Å². The smallest absolute Gasteiger partial charge is 0.262 e. The molecule has 1 amide bonds. The maximum atomic E-state index is 12.8. The van der Waals surface area contributed by atoms with Gasteiger partial charge in [-0.25, -0.2) is 4.98 Å². The largest absolute Gasteiger partial charge is 0.323 e. The van der Waals surface area contributed by atoms with Crippen LogP contribution in [0.5, 0.6) is 0 Å². The Morgan fingerprint density at radius 1 is 1.31 bits per heavy atom. The molecule has 1 aliphatic carbocycles. The molecule has 1 N–H and O–H groups in total. The normalized spacial score (nSPS) is 13.2. The van der Waals surface area contributed by atoms with Crippen LogP contribution in [0.1, 0.15) is 22.4 Å². The highest BCUT2D eigenvalue weighted by molar-refractivity contribution is 9.11. The van der Waals surface area contributed by atoms with Crippen molar-refractivity contribution in [3.8, 4) is 0 Å². The summed E-state index contributed by atoms with van der Waals surface area (Å²) in [6, 6.07) is 3.85. The molecule has 0 spiro atoms. The zero-order chi connectivity index (χ0) is 18.4. The van der Waals surface area contributed by atoms with Crippen LogP contribution in [0.2, 0.25) is 0 Å². The van der Waals surface area contributed by atoms with Crippen LogP contribution < -0.4 is 10.9 Å².